The standard InChI is InChI=1S/C36H40N6O4/c1-19(2)29(43)31(45)41-15-13-25-27-17-37-33(39-27)35(25,41)23-9-5-21(6-10-23)22-7-11-24(12-8-22)36-26(28-18-38-34(36)40-28)14-16-42(36)32(46)30(44)20(3)4/h5-12,17-20,25-26,29-30,43-44H,13-16H2,1-4H3,(H,37,39)(H,38,40)/t25?,26?,29-,30-,35-,36-/m1/s1. The monoisotopic (exact) mass is 620 g/mol. The van der Waals surface area contributed by atoms with Crippen LogP contribution in [-0.4, -0.2) is 77.1 Å². The number of rotatable bonds is 7. The first kappa shape index (κ1) is 29.1. The summed E-state index contributed by atoms with van der Waals surface area (Å²) in [6.07, 6.45) is 3.17. The molecule has 10 nitrogen and oxygen atoms in total. The van der Waals surface area contributed by atoms with Crippen molar-refractivity contribution in [3.05, 3.63) is 95.1 Å². The molecular formula is C36H40N6O4. The molecule has 2 aromatic carbocycles. The molecule has 0 radical (unpaired) electrons. The molecule has 8 rings (SSSR count). The first-order valence-electron chi connectivity index (χ1n) is 16.4. The molecule has 4 aliphatic rings. The number of fused-ring (bicyclic) bond motifs is 10. The Labute approximate surface area is 267 Å². The number of aromatic nitrogens is 4. The number of benzene rings is 2. The number of hydrogen-bond acceptors (Lipinski definition) is 6. The molecule has 4 bridgehead atoms. The van der Waals surface area contributed by atoms with Gasteiger partial charge < -0.3 is 30.0 Å². The van der Waals surface area contributed by atoms with Gasteiger partial charge in [-0.25, -0.2) is 9.97 Å². The van der Waals surface area contributed by atoms with Gasteiger partial charge in [-0.15, -0.1) is 0 Å². The summed E-state index contributed by atoms with van der Waals surface area (Å²) in [4.78, 5) is 47.0. The quantitative estimate of drug-likeness (QED) is 0.247. The molecule has 2 amide bonds. The van der Waals surface area contributed by atoms with Gasteiger partial charge in [0.25, 0.3) is 11.8 Å². The zero-order valence-electron chi connectivity index (χ0n) is 26.6. The second-order valence-corrected chi connectivity index (χ2v) is 14.1. The molecule has 2 fully saturated rings. The summed E-state index contributed by atoms with van der Waals surface area (Å²) in [7, 11) is 0. The van der Waals surface area contributed by atoms with Crippen LogP contribution in [0.4, 0.5) is 0 Å². The highest BCUT2D eigenvalue weighted by Crippen LogP contribution is 2.58. The summed E-state index contributed by atoms with van der Waals surface area (Å²) >= 11 is 0. The van der Waals surface area contributed by atoms with Gasteiger partial charge in [0, 0.05) is 48.7 Å². The normalized spacial score (nSPS) is 27.0. The Hall–Kier alpha value is -4.28. The van der Waals surface area contributed by atoms with Crippen molar-refractivity contribution in [1.82, 2.24) is 29.7 Å². The maximum absolute atomic E-state index is 13.6. The fourth-order valence-electron chi connectivity index (χ4n) is 8.70. The minimum atomic E-state index is -1.08. The third-order valence-electron chi connectivity index (χ3n) is 11.1. The van der Waals surface area contributed by atoms with Crippen molar-refractivity contribution in [3.63, 3.8) is 0 Å². The number of amides is 2. The molecular weight excluding hydrogens is 580 g/mol. The number of carbonyl (C=O) groups is 2. The lowest BCUT2D eigenvalue weighted by Crippen LogP contribution is -2.52. The lowest BCUT2D eigenvalue weighted by atomic mass is 9.76. The van der Waals surface area contributed by atoms with Crippen LogP contribution in [0.5, 0.6) is 0 Å². The highest BCUT2D eigenvalue weighted by atomic mass is 16.3. The molecule has 4 aliphatic heterocycles. The predicted molar refractivity (Wildman–Crippen MR) is 170 cm³/mol. The third kappa shape index (κ3) is 3.65. The van der Waals surface area contributed by atoms with Crippen LogP contribution in [0, 0.1) is 11.8 Å². The van der Waals surface area contributed by atoms with Gasteiger partial charge >= 0.3 is 0 Å². The number of H-pyrrole nitrogens is 2. The minimum absolute atomic E-state index is 0.0697. The number of aromatic amines is 2. The first-order chi connectivity index (χ1) is 22.1. The molecule has 46 heavy (non-hydrogen) atoms. The van der Waals surface area contributed by atoms with Gasteiger partial charge in [-0.05, 0) is 46.9 Å². The van der Waals surface area contributed by atoms with Crippen LogP contribution in [0.15, 0.2) is 60.9 Å². The maximum atomic E-state index is 13.6. The number of imidazole rings is 2. The summed E-state index contributed by atoms with van der Waals surface area (Å²) in [6.45, 7) is 8.55. The van der Waals surface area contributed by atoms with E-state index in [1.807, 2.05) is 49.9 Å². The van der Waals surface area contributed by atoms with E-state index in [1.165, 1.54) is 0 Å². The Balaban J connectivity index is 1.12. The number of hydrogen-bond donors (Lipinski definition) is 4. The van der Waals surface area contributed by atoms with Gasteiger partial charge in [-0.3, -0.25) is 9.59 Å². The number of carbonyl (C=O) groups excluding carboxylic acids is 2. The highest BCUT2D eigenvalue weighted by molar-refractivity contribution is 5.84. The molecule has 0 spiro atoms. The molecule has 4 aromatic rings. The lowest BCUT2D eigenvalue weighted by molar-refractivity contribution is -0.146. The smallest absolute Gasteiger partial charge is 0.252 e. The van der Waals surface area contributed by atoms with Crippen molar-refractivity contribution >= 4 is 11.8 Å². The van der Waals surface area contributed by atoms with Gasteiger partial charge in [0.2, 0.25) is 0 Å². The van der Waals surface area contributed by atoms with Crippen LogP contribution in [0.25, 0.3) is 11.1 Å². The Morgan fingerprint density at radius 2 is 1.07 bits per heavy atom. The summed E-state index contributed by atoms with van der Waals surface area (Å²) < 4.78 is 0. The summed E-state index contributed by atoms with van der Waals surface area (Å²) in [6, 6.07) is 16.6. The fourth-order valence-corrected chi connectivity index (χ4v) is 8.70. The Kier molecular flexibility index (Phi) is 6.40. The zero-order chi connectivity index (χ0) is 32.1. The van der Waals surface area contributed by atoms with E-state index in [2.05, 4.69) is 68.5 Å². The van der Waals surface area contributed by atoms with Crippen molar-refractivity contribution in [2.24, 2.45) is 11.8 Å². The largest absolute Gasteiger partial charge is 0.383 e. The van der Waals surface area contributed by atoms with Crippen LogP contribution in [0.2, 0.25) is 0 Å². The number of nitrogens with one attached hydrogen (secondary N) is 2. The van der Waals surface area contributed by atoms with E-state index in [4.69, 9.17) is 0 Å². The van der Waals surface area contributed by atoms with E-state index in [-0.39, 0.29) is 35.5 Å². The Morgan fingerprint density at radius 1 is 0.696 bits per heavy atom. The zero-order valence-corrected chi connectivity index (χ0v) is 26.6. The Bertz CT molecular complexity index is 1690. The average molecular weight is 621 g/mol. The van der Waals surface area contributed by atoms with E-state index in [0.717, 1.165) is 58.1 Å². The number of nitrogens with zero attached hydrogens (tertiary/aromatic N) is 4. The molecule has 2 aromatic heterocycles. The van der Waals surface area contributed by atoms with E-state index in [9.17, 15) is 19.8 Å². The van der Waals surface area contributed by atoms with Crippen LogP contribution >= 0.6 is 0 Å². The van der Waals surface area contributed by atoms with Crippen LogP contribution in [0.1, 0.15) is 86.5 Å². The third-order valence-corrected chi connectivity index (χ3v) is 11.1. The van der Waals surface area contributed by atoms with Crippen molar-refractivity contribution in [1.29, 1.82) is 0 Å². The minimum Gasteiger partial charge on any atom is -0.383 e. The number of aliphatic hydroxyl groups excluding tert-OH is 2. The molecule has 10 heteroatoms. The molecule has 2 unspecified atom stereocenters. The van der Waals surface area contributed by atoms with Gasteiger partial charge in [0.15, 0.2) is 0 Å². The molecule has 6 heterocycles. The molecule has 4 N–H and O–H groups in total. The van der Waals surface area contributed by atoms with Crippen LogP contribution < -0.4 is 0 Å². The van der Waals surface area contributed by atoms with Gasteiger partial charge in [0.05, 0.1) is 0 Å². The molecule has 2 saturated heterocycles. The average Bonchev–Trinajstić information content (AvgIpc) is 3.91. The molecule has 6 atom stereocenters. The van der Waals surface area contributed by atoms with Crippen molar-refractivity contribution in [2.75, 3.05) is 13.1 Å². The van der Waals surface area contributed by atoms with Gasteiger partial charge in [-0.2, -0.15) is 0 Å². The van der Waals surface area contributed by atoms with Crippen molar-refractivity contribution < 1.29 is 19.8 Å². The second-order valence-electron chi connectivity index (χ2n) is 14.1. The fraction of sp³-hybridized carbons (Fsp3) is 0.444. The topological polar surface area (TPSA) is 138 Å². The van der Waals surface area contributed by atoms with E-state index >= 15 is 0 Å². The Morgan fingerprint density at radius 3 is 1.41 bits per heavy atom. The predicted octanol–water partition coefficient (Wildman–Crippen LogP) is 3.98. The molecule has 0 aliphatic carbocycles. The second kappa shape index (κ2) is 10.1. The summed E-state index contributed by atoms with van der Waals surface area (Å²) in [5.41, 5.74) is 4.53. The summed E-state index contributed by atoms with van der Waals surface area (Å²) in [5, 5.41) is 21.6. The lowest BCUT2D eigenvalue weighted by Gasteiger charge is -2.40. The van der Waals surface area contributed by atoms with E-state index in [0.29, 0.717) is 13.1 Å². The van der Waals surface area contributed by atoms with Gasteiger partial charge in [-0.1, -0.05) is 76.2 Å². The van der Waals surface area contributed by atoms with Crippen LogP contribution in [-0.2, 0) is 20.7 Å². The van der Waals surface area contributed by atoms with Crippen molar-refractivity contribution in [3.8, 4) is 11.1 Å². The maximum Gasteiger partial charge on any atom is 0.252 e. The number of likely N-dealkylation sites (tertiary alicyclic amines) is 2. The van der Waals surface area contributed by atoms with Crippen LogP contribution in [0.3, 0.4) is 0 Å². The van der Waals surface area contributed by atoms with Gasteiger partial charge in [0.1, 0.15) is 34.9 Å². The highest BCUT2D eigenvalue weighted by Gasteiger charge is 2.61. The molecule has 0 saturated carbocycles. The van der Waals surface area contributed by atoms with Crippen molar-refractivity contribution in [2.45, 2.75) is 75.7 Å². The summed E-state index contributed by atoms with van der Waals surface area (Å²) in [5.74, 6) is 0.731. The van der Waals surface area contributed by atoms with E-state index < -0.39 is 23.3 Å². The number of aliphatic hydroxyl groups is 2. The SMILES string of the molecule is CC(C)[C@@H](O)C(=O)N1CCC2c3cnc([nH]3)[C@@]21c1ccc(-c2ccc([C@]34c5ncc([nH]5)C3CCN4C(=O)[C@H](O)C(C)C)cc2)cc1. The first-order valence-corrected chi connectivity index (χ1v) is 16.4. The molecule has 238 valence electrons. The van der Waals surface area contributed by atoms with E-state index in [1.54, 1.807) is 0 Å².